The van der Waals surface area contributed by atoms with Gasteiger partial charge >= 0.3 is 0 Å². The number of nitrogens with zero attached hydrogens (tertiary/aromatic N) is 6. The number of aromatic nitrogens is 5. The predicted molar refractivity (Wildman–Crippen MR) is 144 cm³/mol. The highest BCUT2D eigenvalue weighted by Crippen LogP contribution is 2.36. The van der Waals surface area contributed by atoms with Crippen molar-refractivity contribution in [2.75, 3.05) is 20.6 Å². The molecule has 0 spiro atoms. The van der Waals surface area contributed by atoms with E-state index in [0.29, 0.717) is 0 Å². The molecule has 3 heterocycles. The summed E-state index contributed by atoms with van der Waals surface area (Å²) >= 11 is 0. The van der Waals surface area contributed by atoms with Crippen LogP contribution >= 0.6 is 0 Å². The Morgan fingerprint density at radius 3 is 2.42 bits per heavy atom. The molecule has 0 radical (unpaired) electrons. The lowest BCUT2D eigenvalue weighted by atomic mass is 9.93. The Hall–Kier alpha value is -3.52. The lowest BCUT2D eigenvalue weighted by Gasteiger charge is -2.31. The quantitative estimate of drug-likeness (QED) is 0.375. The summed E-state index contributed by atoms with van der Waals surface area (Å²) in [5.41, 5.74) is 8.19. The van der Waals surface area contributed by atoms with Gasteiger partial charge in [0.2, 0.25) is 5.91 Å². The van der Waals surface area contributed by atoms with Crippen LogP contribution in [0.3, 0.4) is 0 Å². The highest BCUT2D eigenvalue weighted by Gasteiger charge is 2.25. The highest BCUT2D eigenvalue weighted by molar-refractivity contribution is 5.81. The molecule has 8 nitrogen and oxygen atoms in total. The second-order valence-electron chi connectivity index (χ2n) is 9.95. The molecule has 190 valence electrons. The van der Waals surface area contributed by atoms with Gasteiger partial charge in [-0.15, -0.1) is 0 Å². The number of aromatic amines is 1. The molecule has 0 saturated heterocycles. The van der Waals surface area contributed by atoms with E-state index in [1.807, 2.05) is 39.0 Å². The van der Waals surface area contributed by atoms with E-state index in [-0.39, 0.29) is 23.9 Å². The average molecular weight is 488 g/mol. The van der Waals surface area contributed by atoms with Crippen molar-refractivity contribution in [2.24, 2.45) is 0 Å². The summed E-state index contributed by atoms with van der Waals surface area (Å²) in [7, 11) is 3.86. The van der Waals surface area contributed by atoms with Crippen LogP contribution in [-0.2, 0) is 4.79 Å². The van der Waals surface area contributed by atoms with E-state index in [1.54, 1.807) is 10.8 Å². The number of H-pyrrole nitrogens is 1. The molecular weight excluding hydrogens is 450 g/mol. The van der Waals surface area contributed by atoms with Crippen molar-refractivity contribution >= 4 is 11.6 Å². The Labute approximate surface area is 213 Å². The van der Waals surface area contributed by atoms with E-state index in [9.17, 15) is 4.79 Å². The third-order valence-electron chi connectivity index (χ3n) is 7.34. The Balaban J connectivity index is 1.63. The molecule has 0 saturated carbocycles. The van der Waals surface area contributed by atoms with Gasteiger partial charge in [0, 0.05) is 24.4 Å². The summed E-state index contributed by atoms with van der Waals surface area (Å²) in [4.78, 5) is 21.2. The Morgan fingerprint density at radius 1 is 1.08 bits per heavy atom. The first-order chi connectivity index (χ1) is 17.1. The van der Waals surface area contributed by atoms with Crippen LogP contribution in [0.25, 0.3) is 28.2 Å². The number of carbonyl (C=O) groups is 1. The second-order valence-corrected chi connectivity index (χ2v) is 9.95. The van der Waals surface area contributed by atoms with E-state index in [4.69, 9.17) is 5.10 Å². The zero-order valence-corrected chi connectivity index (χ0v) is 22.6. The molecule has 1 amide bonds. The number of likely N-dealkylation sites (N-methyl/N-ethyl adjacent to an activating group) is 2. The minimum Gasteiger partial charge on any atom is -0.338 e. The van der Waals surface area contributed by atoms with Crippen molar-refractivity contribution in [3.05, 3.63) is 59.5 Å². The standard InChI is InChI=1S/C28H37N7O/c1-9-33(7)20(6)28(36)34(8)19(5)21-10-12-22(13-11-21)25-24(17(2)3)26(32-31-25)23-14-18(4)27-29-16-30-35(27)15-23/h10-17,19-20H,9H2,1-8H3,(H,31,32)/t19-,20-/m0/s1. The molecule has 1 aromatic carbocycles. The first-order valence-electron chi connectivity index (χ1n) is 12.6. The van der Waals surface area contributed by atoms with Crippen LogP contribution in [0.15, 0.2) is 42.9 Å². The van der Waals surface area contributed by atoms with Gasteiger partial charge in [-0.25, -0.2) is 9.50 Å². The lowest BCUT2D eigenvalue weighted by Crippen LogP contribution is -2.44. The highest BCUT2D eigenvalue weighted by atomic mass is 16.2. The van der Waals surface area contributed by atoms with E-state index in [0.717, 1.165) is 45.8 Å². The van der Waals surface area contributed by atoms with Gasteiger partial charge in [-0.1, -0.05) is 45.0 Å². The minimum absolute atomic E-state index is 0.0291. The maximum absolute atomic E-state index is 13.0. The molecule has 0 aliphatic carbocycles. The van der Waals surface area contributed by atoms with Crippen LogP contribution in [0.5, 0.6) is 0 Å². The number of amides is 1. The van der Waals surface area contributed by atoms with Crippen LogP contribution in [0.2, 0.25) is 0 Å². The van der Waals surface area contributed by atoms with Gasteiger partial charge in [0.05, 0.1) is 23.5 Å². The van der Waals surface area contributed by atoms with Gasteiger partial charge in [-0.3, -0.25) is 14.8 Å². The third-order valence-corrected chi connectivity index (χ3v) is 7.34. The summed E-state index contributed by atoms with van der Waals surface area (Å²) in [5.74, 6) is 0.385. The number of carbonyl (C=O) groups excluding carboxylic acids is 1. The van der Waals surface area contributed by atoms with Gasteiger partial charge in [0.15, 0.2) is 5.65 Å². The summed E-state index contributed by atoms with van der Waals surface area (Å²) < 4.78 is 1.80. The Bertz CT molecular complexity index is 1350. The molecule has 2 atom stereocenters. The number of hydrogen-bond donors (Lipinski definition) is 1. The fourth-order valence-electron chi connectivity index (χ4n) is 4.68. The van der Waals surface area contributed by atoms with Crippen molar-refractivity contribution in [3.8, 4) is 22.5 Å². The minimum atomic E-state index is -0.154. The third kappa shape index (κ3) is 4.65. The maximum atomic E-state index is 13.0. The molecule has 0 aliphatic rings. The largest absolute Gasteiger partial charge is 0.338 e. The van der Waals surface area contributed by atoms with Gasteiger partial charge < -0.3 is 4.90 Å². The summed E-state index contributed by atoms with van der Waals surface area (Å²) in [6.07, 6.45) is 3.55. The summed E-state index contributed by atoms with van der Waals surface area (Å²) in [6.45, 7) is 13.3. The number of hydrogen-bond acceptors (Lipinski definition) is 5. The Morgan fingerprint density at radius 2 is 1.78 bits per heavy atom. The van der Waals surface area contributed by atoms with Crippen LogP contribution < -0.4 is 0 Å². The lowest BCUT2D eigenvalue weighted by molar-refractivity contribution is -0.136. The maximum Gasteiger partial charge on any atom is 0.239 e. The molecule has 0 bridgehead atoms. The molecule has 36 heavy (non-hydrogen) atoms. The Kier molecular flexibility index (Phi) is 7.26. The number of pyridine rings is 1. The van der Waals surface area contributed by atoms with E-state index < -0.39 is 0 Å². The fourth-order valence-corrected chi connectivity index (χ4v) is 4.68. The first-order valence-corrected chi connectivity index (χ1v) is 12.6. The molecule has 0 unspecified atom stereocenters. The molecule has 8 heteroatoms. The number of rotatable bonds is 8. The molecule has 4 aromatic rings. The van der Waals surface area contributed by atoms with E-state index >= 15 is 0 Å². The molecular formula is C28H37N7O. The van der Waals surface area contributed by atoms with E-state index in [1.165, 1.54) is 5.56 Å². The van der Waals surface area contributed by atoms with Gasteiger partial charge in [0.1, 0.15) is 6.33 Å². The number of fused-ring (bicyclic) bond motifs is 1. The molecule has 4 rings (SSSR count). The van der Waals surface area contributed by atoms with Crippen molar-refractivity contribution in [1.82, 2.24) is 34.6 Å². The van der Waals surface area contributed by atoms with Crippen molar-refractivity contribution in [1.29, 1.82) is 0 Å². The average Bonchev–Trinajstić information content (AvgIpc) is 3.54. The molecule has 0 fully saturated rings. The molecule has 0 aliphatic heterocycles. The molecule has 3 aromatic heterocycles. The van der Waals surface area contributed by atoms with E-state index in [2.05, 4.69) is 78.1 Å². The monoisotopic (exact) mass is 487 g/mol. The number of nitrogens with one attached hydrogen (secondary N) is 1. The van der Waals surface area contributed by atoms with Crippen molar-refractivity contribution < 1.29 is 4.79 Å². The molecule has 1 N–H and O–H groups in total. The van der Waals surface area contributed by atoms with Crippen LogP contribution in [0, 0.1) is 6.92 Å². The topological polar surface area (TPSA) is 82.4 Å². The number of benzene rings is 1. The first kappa shape index (κ1) is 25.6. The van der Waals surface area contributed by atoms with Crippen molar-refractivity contribution in [2.45, 2.75) is 59.5 Å². The van der Waals surface area contributed by atoms with Gasteiger partial charge in [-0.05, 0) is 63.0 Å². The second kappa shape index (κ2) is 10.2. The normalized spacial score (nSPS) is 13.5. The number of aryl methyl sites for hydroxylation is 1. The predicted octanol–water partition coefficient (Wildman–Crippen LogP) is 5.08. The smallest absolute Gasteiger partial charge is 0.239 e. The zero-order valence-electron chi connectivity index (χ0n) is 22.6. The SMILES string of the molecule is CCN(C)[C@@H](C)C(=O)N(C)[C@@H](C)c1ccc(-c2[nH]nc(-c3cc(C)c4ncnn4c3)c2C(C)C)cc1. The fraction of sp³-hybridized carbons (Fsp3) is 0.429. The zero-order chi connectivity index (χ0) is 26.1. The summed E-state index contributed by atoms with van der Waals surface area (Å²) in [5, 5.41) is 12.3. The van der Waals surface area contributed by atoms with Crippen LogP contribution in [0.1, 0.15) is 63.3 Å². The van der Waals surface area contributed by atoms with Crippen LogP contribution in [-0.4, -0.2) is 67.2 Å². The van der Waals surface area contributed by atoms with Gasteiger partial charge in [-0.2, -0.15) is 10.2 Å². The van der Waals surface area contributed by atoms with Gasteiger partial charge in [0.25, 0.3) is 0 Å². The van der Waals surface area contributed by atoms with Crippen molar-refractivity contribution in [3.63, 3.8) is 0 Å². The van der Waals surface area contributed by atoms with Crippen LogP contribution in [0.4, 0.5) is 0 Å². The summed E-state index contributed by atoms with van der Waals surface area (Å²) in [6, 6.07) is 10.4.